The molecule has 0 aliphatic carbocycles. The van der Waals surface area contributed by atoms with Crippen LogP contribution in [0.3, 0.4) is 0 Å². The first kappa shape index (κ1) is 18.6. The first-order chi connectivity index (χ1) is 13.5. The smallest absolute Gasteiger partial charge is 0.311 e. The van der Waals surface area contributed by atoms with Crippen LogP contribution in [0.15, 0.2) is 35.7 Å². The number of thiazole rings is 1. The van der Waals surface area contributed by atoms with Crippen LogP contribution in [0.4, 0.5) is 0 Å². The number of fused-ring (bicyclic) bond motifs is 1. The van der Waals surface area contributed by atoms with Crippen LogP contribution in [-0.4, -0.2) is 58.8 Å². The second-order valence-corrected chi connectivity index (χ2v) is 8.18. The number of carbonyl (C=O) groups is 3. The summed E-state index contributed by atoms with van der Waals surface area (Å²) < 4.78 is 5.01. The third kappa shape index (κ3) is 3.17. The van der Waals surface area contributed by atoms with E-state index in [1.807, 2.05) is 37.3 Å². The van der Waals surface area contributed by atoms with E-state index in [9.17, 15) is 14.4 Å². The van der Waals surface area contributed by atoms with Crippen molar-refractivity contribution in [3.05, 3.63) is 52.0 Å². The molecule has 0 saturated carbocycles. The largest absolute Gasteiger partial charge is 0.469 e. The average Bonchev–Trinajstić information content (AvgIpc) is 3.31. The van der Waals surface area contributed by atoms with Crippen molar-refractivity contribution in [1.29, 1.82) is 0 Å². The van der Waals surface area contributed by atoms with E-state index in [1.54, 1.807) is 15.2 Å². The molecular weight excluding hydrogens is 378 g/mol. The normalized spacial score (nSPS) is 24.2. The molecule has 1 aromatic heterocycles. The summed E-state index contributed by atoms with van der Waals surface area (Å²) in [5, 5.41) is 2.52. The zero-order valence-electron chi connectivity index (χ0n) is 15.7. The fraction of sp³-hybridized carbons (Fsp3) is 0.400. The Kier molecular flexibility index (Phi) is 4.89. The molecule has 2 amide bonds. The number of benzene rings is 1. The topological polar surface area (TPSA) is 79.8 Å². The molecule has 2 aliphatic heterocycles. The van der Waals surface area contributed by atoms with Crippen LogP contribution in [0.2, 0.25) is 0 Å². The first-order valence-corrected chi connectivity index (χ1v) is 10.0. The number of nitrogens with zero attached hydrogens (tertiary/aromatic N) is 3. The summed E-state index contributed by atoms with van der Waals surface area (Å²) in [4.78, 5) is 45.8. The van der Waals surface area contributed by atoms with Gasteiger partial charge in [-0.25, -0.2) is 4.98 Å². The van der Waals surface area contributed by atoms with Crippen LogP contribution in [0.5, 0.6) is 0 Å². The summed E-state index contributed by atoms with van der Waals surface area (Å²) in [7, 11) is 1.36. The fourth-order valence-corrected chi connectivity index (χ4v) is 4.83. The lowest BCUT2D eigenvalue weighted by molar-refractivity contribution is -0.147. The van der Waals surface area contributed by atoms with Gasteiger partial charge in [0.05, 0.1) is 30.1 Å². The van der Waals surface area contributed by atoms with Gasteiger partial charge in [-0.2, -0.15) is 0 Å². The van der Waals surface area contributed by atoms with Crippen LogP contribution >= 0.6 is 11.3 Å². The lowest BCUT2D eigenvalue weighted by atomic mass is 9.93. The van der Waals surface area contributed by atoms with Crippen LogP contribution in [0, 0.1) is 12.8 Å². The van der Waals surface area contributed by atoms with Gasteiger partial charge in [0.15, 0.2) is 0 Å². The van der Waals surface area contributed by atoms with Crippen molar-refractivity contribution in [2.75, 3.05) is 20.2 Å². The van der Waals surface area contributed by atoms with Gasteiger partial charge >= 0.3 is 5.97 Å². The lowest BCUT2D eigenvalue weighted by Gasteiger charge is -2.39. The first-order valence-electron chi connectivity index (χ1n) is 9.15. The Balaban J connectivity index is 1.62. The summed E-state index contributed by atoms with van der Waals surface area (Å²) in [5.41, 5.74) is 1.27. The molecule has 1 aromatic carbocycles. The van der Waals surface area contributed by atoms with Gasteiger partial charge in [-0.1, -0.05) is 30.3 Å². The third-order valence-corrected chi connectivity index (χ3v) is 6.19. The van der Waals surface area contributed by atoms with Crippen LogP contribution in [0.25, 0.3) is 0 Å². The minimum absolute atomic E-state index is 0.0108. The second-order valence-electron chi connectivity index (χ2n) is 7.11. The fourth-order valence-electron chi connectivity index (χ4n) is 4.24. The summed E-state index contributed by atoms with van der Waals surface area (Å²) in [6.07, 6.45) is 0.470. The van der Waals surface area contributed by atoms with Crippen LogP contribution in [-0.2, 0) is 14.3 Å². The second kappa shape index (κ2) is 7.35. The number of amides is 2. The molecule has 4 rings (SSSR count). The van der Waals surface area contributed by atoms with Crippen molar-refractivity contribution in [2.24, 2.45) is 5.92 Å². The Labute approximate surface area is 166 Å². The maximum Gasteiger partial charge on any atom is 0.311 e. The van der Waals surface area contributed by atoms with Crippen LogP contribution in [0.1, 0.15) is 33.5 Å². The molecule has 28 heavy (non-hydrogen) atoms. The Morgan fingerprint density at radius 3 is 2.64 bits per heavy atom. The van der Waals surface area contributed by atoms with E-state index in [0.717, 1.165) is 10.6 Å². The molecule has 2 saturated heterocycles. The Morgan fingerprint density at radius 2 is 2.00 bits per heavy atom. The summed E-state index contributed by atoms with van der Waals surface area (Å²) in [5.74, 6) is -1.17. The number of aryl methyl sites for hydroxylation is 1. The quantitative estimate of drug-likeness (QED) is 0.738. The van der Waals surface area contributed by atoms with Gasteiger partial charge in [0.25, 0.3) is 5.91 Å². The molecule has 0 unspecified atom stereocenters. The molecule has 2 aliphatic rings. The number of carbonyl (C=O) groups excluding carboxylic acids is 3. The zero-order valence-corrected chi connectivity index (χ0v) is 16.5. The van der Waals surface area contributed by atoms with E-state index in [1.165, 1.54) is 18.4 Å². The predicted molar refractivity (Wildman–Crippen MR) is 103 cm³/mol. The van der Waals surface area contributed by atoms with Gasteiger partial charge in [-0.05, 0) is 18.9 Å². The van der Waals surface area contributed by atoms with E-state index in [-0.39, 0.29) is 36.4 Å². The molecule has 0 bridgehead atoms. The molecular formula is C20H21N3O4S. The highest BCUT2D eigenvalue weighted by atomic mass is 32.1. The summed E-state index contributed by atoms with van der Waals surface area (Å²) >= 11 is 1.41. The predicted octanol–water partition coefficient (Wildman–Crippen LogP) is 2.04. The van der Waals surface area contributed by atoms with Gasteiger partial charge < -0.3 is 14.5 Å². The van der Waals surface area contributed by atoms with E-state index in [4.69, 9.17) is 4.74 Å². The molecule has 8 heteroatoms. The van der Waals surface area contributed by atoms with Gasteiger partial charge in [0.2, 0.25) is 5.91 Å². The molecule has 0 radical (unpaired) electrons. The third-order valence-electron chi connectivity index (χ3n) is 5.42. The maximum absolute atomic E-state index is 13.0. The highest BCUT2D eigenvalue weighted by Crippen LogP contribution is 2.43. The van der Waals surface area contributed by atoms with E-state index >= 15 is 0 Å². The Hall–Kier alpha value is -2.74. The zero-order chi connectivity index (χ0) is 19.8. The van der Waals surface area contributed by atoms with Crippen molar-refractivity contribution in [1.82, 2.24) is 14.8 Å². The van der Waals surface area contributed by atoms with Gasteiger partial charge in [-0.3, -0.25) is 14.4 Å². The van der Waals surface area contributed by atoms with Crippen molar-refractivity contribution in [3.63, 3.8) is 0 Å². The Morgan fingerprint density at radius 1 is 1.25 bits per heavy atom. The van der Waals surface area contributed by atoms with Crippen molar-refractivity contribution < 1.29 is 19.1 Å². The molecule has 0 spiro atoms. The number of hydrogen-bond acceptors (Lipinski definition) is 6. The van der Waals surface area contributed by atoms with Gasteiger partial charge in [0.1, 0.15) is 12.2 Å². The van der Waals surface area contributed by atoms with E-state index in [2.05, 4.69) is 4.98 Å². The molecule has 0 N–H and O–H groups in total. The van der Waals surface area contributed by atoms with Crippen LogP contribution < -0.4 is 0 Å². The minimum Gasteiger partial charge on any atom is -0.469 e. The summed E-state index contributed by atoms with van der Waals surface area (Å²) in [6.45, 7) is 2.22. The Bertz CT molecular complexity index is 913. The van der Waals surface area contributed by atoms with Crippen molar-refractivity contribution in [3.8, 4) is 0 Å². The number of methoxy groups -OCH3 is 1. The molecule has 3 atom stereocenters. The maximum atomic E-state index is 13.0. The highest BCUT2D eigenvalue weighted by molar-refractivity contribution is 7.09. The van der Waals surface area contributed by atoms with Crippen molar-refractivity contribution >= 4 is 29.1 Å². The number of piperazine rings is 1. The number of esters is 1. The van der Waals surface area contributed by atoms with Crippen molar-refractivity contribution in [2.45, 2.75) is 25.4 Å². The number of aromatic nitrogens is 1. The average molecular weight is 399 g/mol. The standard InChI is InChI=1S/C20H21N3O4S/c1-12-21-16(11-28-12)19(25)22-9-14-8-15(20(26)27-2)18(23(14)17(24)10-22)13-6-4-3-5-7-13/h3-7,11,14-15,18H,8-10H2,1-2H3/t14-,15-,18-/m0/s1. The van der Waals surface area contributed by atoms with Gasteiger partial charge in [-0.15, -0.1) is 11.3 Å². The van der Waals surface area contributed by atoms with E-state index < -0.39 is 5.92 Å². The minimum atomic E-state index is -0.446. The van der Waals surface area contributed by atoms with E-state index in [0.29, 0.717) is 18.7 Å². The number of ether oxygens (including phenoxy) is 1. The number of rotatable bonds is 3. The molecule has 2 aromatic rings. The number of hydrogen-bond donors (Lipinski definition) is 0. The summed E-state index contributed by atoms with van der Waals surface area (Å²) in [6, 6.07) is 8.94. The monoisotopic (exact) mass is 399 g/mol. The highest BCUT2D eigenvalue weighted by Gasteiger charge is 2.51. The SMILES string of the molecule is COC(=O)[C@H]1C[C@H]2CN(C(=O)c3csc(C)n3)CC(=O)N2[C@H]1c1ccccc1. The molecule has 146 valence electrons. The molecule has 7 nitrogen and oxygen atoms in total. The lowest BCUT2D eigenvalue weighted by Crippen LogP contribution is -2.56. The molecule has 2 fully saturated rings. The molecule has 3 heterocycles. The van der Waals surface area contributed by atoms with Gasteiger partial charge in [0, 0.05) is 11.9 Å².